The molecule has 0 aliphatic carbocycles. The van der Waals surface area contributed by atoms with E-state index < -0.39 is 0 Å². The normalized spacial score (nSPS) is 22.7. The fourth-order valence-corrected chi connectivity index (χ4v) is 3.13. The molecule has 0 radical (unpaired) electrons. The first-order valence-corrected chi connectivity index (χ1v) is 8.16. The van der Waals surface area contributed by atoms with Crippen molar-refractivity contribution in [2.45, 2.75) is 31.8 Å². The lowest BCUT2D eigenvalue weighted by atomic mass is 9.97. The van der Waals surface area contributed by atoms with Crippen molar-refractivity contribution in [3.05, 3.63) is 12.4 Å². The van der Waals surface area contributed by atoms with Gasteiger partial charge in [-0.2, -0.15) is 0 Å². The molecule has 0 saturated carbocycles. The highest BCUT2D eigenvalue weighted by atomic mass is 16.5. The molecule has 7 nitrogen and oxygen atoms in total. The van der Waals surface area contributed by atoms with Crippen LogP contribution in [0.25, 0.3) is 0 Å². The van der Waals surface area contributed by atoms with Gasteiger partial charge in [0, 0.05) is 38.1 Å². The third-order valence-corrected chi connectivity index (χ3v) is 4.37. The summed E-state index contributed by atoms with van der Waals surface area (Å²) in [5, 5.41) is 0. The SMILES string of the molecule is COc1nccnc1OC1CCCN(C(=O)C2CCOCC2)C1. The monoisotopic (exact) mass is 321 g/mol. The van der Waals surface area contributed by atoms with E-state index in [9.17, 15) is 4.79 Å². The summed E-state index contributed by atoms with van der Waals surface area (Å²) in [5.74, 6) is 1.09. The minimum atomic E-state index is -0.0712. The van der Waals surface area contributed by atoms with Crippen molar-refractivity contribution in [1.29, 1.82) is 0 Å². The molecule has 2 fully saturated rings. The van der Waals surface area contributed by atoms with E-state index in [-0.39, 0.29) is 17.9 Å². The molecule has 0 spiro atoms. The highest BCUT2D eigenvalue weighted by Gasteiger charge is 2.31. The van der Waals surface area contributed by atoms with Gasteiger partial charge in [-0.1, -0.05) is 0 Å². The molecule has 0 aromatic carbocycles. The smallest absolute Gasteiger partial charge is 0.278 e. The fourth-order valence-electron chi connectivity index (χ4n) is 3.13. The van der Waals surface area contributed by atoms with Crippen molar-refractivity contribution < 1.29 is 19.0 Å². The summed E-state index contributed by atoms with van der Waals surface area (Å²) in [6.07, 6.45) is 6.54. The van der Waals surface area contributed by atoms with Crippen LogP contribution in [0.3, 0.4) is 0 Å². The molecule has 1 atom stereocenters. The minimum absolute atomic E-state index is 0.0712. The largest absolute Gasteiger partial charge is 0.477 e. The Hall–Kier alpha value is -1.89. The zero-order chi connectivity index (χ0) is 16.1. The van der Waals surface area contributed by atoms with E-state index in [4.69, 9.17) is 14.2 Å². The average Bonchev–Trinajstić information content (AvgIpc) is 2.62. The van der Waals surface area contributed by atoms with Gasteiger partial charge in [0.25, 0.3) is 11.8 Å². The molecule has 2 saturated heterocycles. The highest BCUT2D eigenvalue weighted by Crippen LogP contribution is 2.25. The molecular weight excluding hydrogens is 298 g/mol. The van der Waals surface area contributed by atoms with Crippen molar-refractivity contribution in [3.63, 3.8) is 0 Å². The van der Waals surface area contributed by atoms with Crippen LogP contribution >= 0.6 is 0 Å². The molecular formula is C16H23N3O4. The molecule has 1 unspecified atom stereocenters. The predicted molar refractivity (Wildman–Crippen MR) is 82.4 cm³/mol. The third kappa shape index (κ3) is 3.90. The molecule has 3 rings (SSSR count). The Morgan fingerprint density at radius 2 is 1.96 bits per heavy atom. The summed E-state index contributed by atoms with van der Waals surface area (Å²) >= 11 is 0. The Morgan fingerprint density at radius 1 is 1.22 bits per heavy atom. The number of hydrogen-bond donors (Lipinski definition) is 0. The molecule has 1 aromatic rings. The van der Waals surface area contributed by atoms with Gasteiger partial charge in [0.1, 0.15) is 6.10 Å². The van der Waals surface area contributed by atoms with Gasteiger partial charge in [-0.05, 0) is 25.7 Å². The lowest BCUT2D eigenvalue weighted by Gasteiger charge is -2.35. The Balaban J connectivity index is 1.60. The van der Waals surface area contributed by atoms with E-state index in [2.05, 4.69) is 9.97 Å². The maximum absolute atomic E-state index is 12.6. The number of methoxy groups -OCH3 is 1. The van der Waals surface area contributed by atoms with Crippen molar-refractivity contribution >= 4 is 5.91 Å². The number of carbonyl (C=O) groups excluding carboxylic acids is 1. The Labute approximate surface area is 136 Å². The van der Waals surface area contributed by atoms with E-state index in [0.29, 0.717) is 31.5 Å². The highest BCUT2D eigenvalue weighted by molar-refractivity contribution is 5.79. The number of piperidine rings is 1. The second-order valence-electron chi connectivity index (χ2n) is 5.92. The summed E-state index contributed by atoms with van der Waals surface area (Å²) in [4.78, 5) is 22.8. The number of likely N-dealkylation sites (tertiary alicyclic amines) is 1. The topological polar surface area (TPSA) is 73.8 Å². The van der Waals surface area contributed by atoms with Crippen LogP contribution < -0.4 is 9.47 Å². The summed E-state index contributed by atoms with van der Waals surface area (Å²) in [6, 6.07) is 0. The fraction of sp³-hybridized carbons (Fsp3) is 0.688. The third-order valence-electron chi connectivity index (χ3n) is 4.37. The van der Waals surface area contributed by atoms with Gasteiger partial charge in [0.05, 0.1) is 13.7 Å². The Kier molecular flexibility index (Phi) is 5.27. The number of amides is 1. The van der Waals surface area contributed by atoms with E-state index in [1.54, 1.807) is 19.5 Å². The number of nitrogens with zero attached hydrogens (tertiary/aromatic N) is 3. The second kappa shape index (κ2) is 7.59. The minimum Gasteiger partial charge on any atom is -0.477 e. The van der Waals surface area contributed by atoms with Crippen molar-refractivity contribution in [2.75, 3.05) is 33.4 Å². The van der Waals surface area contributed by atoms with Crippen LogP contribution in [0.4, 0.5) is 0 Å². The molecule has 7 heteroatoms. The number of carbonyl (C=O) groups is 1. The molecule has 2 aliphatic rings. The standard InChI is InChI=1S/C16H23N3O4/c1-21-14-15(18-7-6-17-14)23-13-3-2-8-19(11-13)16(20)12-4-9-22-10-5-12/h6-7,12-13H,2-5,8-11H2,1H3. The van der Waals surface area contributed by atoms with E-state index >= 15 is 0 Å². The van der Waals surface area contributed by atoms with Crippen LogP contribution in [0, 0.1) is 5.92 Å². The zero-order valence-electron chi connectivity index (χ0n) is 13.4. The van der Waals surface area contributed by atoms with Crippen LogP contribution in [0.2, 0.25) is 0 Å². The van der Waals surface area contributed by atoms with Gasteiger partial charge in [-0.15, -0.1) is 0 Å². The average molecular weight is 321 g/mol. The predicted octanol–water partition coefficient (Wildman–Crippen LogP) is 1.28. The van der Waals surface area contributed by atoms with Gasteiger partial charge in [0.2, 0.25) is 5.91 Å². The van der Waals surface area contributed by atoms with Crippen LogP contribution in [-0.4, -0.2) is 60.3 Å². The van der Waals surface area contributed by atoms with Gasteiger partial charge < -0.3 is 19.1 Å². The summed E-state index contributed by atoms with van der Waals surface area (Å²) in [7, 11) is 1.54. The molecule has 126 valence electrons. The first kappa shape index (κ1) is 16.0. The van der Waals surface area contributed by atoms with Gasteiger partial charge >= 0.3 is 0 Å². The quantitative estimate of drug-likeness (QED) is 0.832. The van der Waals surface area contributed by atoms with Crippen LogP contribution in [-0.2, 0) is 9.53 Å². The summed E-state index contributed by atoms with van der Waals surface area (Å²) < 4.78 is 16.4. The molecule has 1 amide bonds. The molecule has 1 aromatic heterocycles. The van der Waals surface area contributed by atoms with Crippen LogP contribution in [0.15, 0.2) is 12.4 Å². The molecule has 0 N–H and O–H groups in total. The molecule has 23 heavy (non-hydrogen) atoms. The maximum Gasteiger partial charge on any atom is 0.278 e. The maximum atomic E-state index is 12.6. The van der Waals surface area contributed by atoms with Crippen molar-refractivity contribution in [1.82, 2.24) is 14.9 Å². The number of rotatable bonds is 4. The second-order valence-corrected chi connectivity index (χ2v) is 5.92. The first-order valence-electron chi connectivity index (χ1n) is 8.16. The van der Waals surface area contributed by atoms with E-state index in [0.717, 1.165) is 32.2 Å². The summed E-state index contributed by atoms with van der Waals surface area (Å²) in [6.45, 7) is 2.76. The van der Waals surface area contributed by atoms with E-state index in [1.165, 1.54) is 0 Å². The lowest BCUT2D eigenvalue weighted by molar-refractivity contribution is -0.141. The van der Waals surface area contributed by atoms with Crippen molar-refractivity contribution in [3.8, 4) is 11.8 Å². The number of aromatic nitrogens is 2. The van der Waals surface area contributed by atoms with E-state index in [1.807, 2.05) is 4.90 Å². The van der Waals surface area contributed by atoms with Gasteiger partial charge in [0.15, 0.2) is 0 Å². The van der Waals surface area contributed by atoms with Crippen LogP contribution in [0.5, 0.6) is 11.8 Å². The Bertz CT molecular complexity index is 534. The number of hydrogen-bond acceptors (Lipinski definition) is 6. The van der Waals surface area contributed by atoms with Crippen LogP contribution in [0.1, 0.15) is 25.7 Å². The van der Waals surface area contributed by atoms with Gasteiger partial charge in [-0.25, -0.2) is 9.97 Å². The molecule has 2 aliphatic heterocycles. The Morgan fingerprint density at radius 3 is 2.70 bits per heavy atom. The molecule has 0 bridgehead atoms. The summed E-state index contributed by atoms with van der Waals surface area (Å²) in [5.41, 5.74) is 0. The molecule has 3 heterocycles. The lowest BCUT2D eigenvalue weighted by Crippen LogP contribution is -2.47. The van der Waals surface area contributed by atoms with Crippen molar-refractivity contribution in [2.24, 2.45) is 5.92 Å². The zero-order valence-corrected chi connectivity index (χ0v) is 13.4. The van der Waals surface area contributed by atoms with Gasteiger partial charge in [-0.3, -0.25) is 4.79 Å². The first-order chi connectivity index (χ1) is 11.3. The number of ether oxygens (including phenoxy) is 3.